The molecule has 5 heteroatoms. The van der Waals surface area contributed by atoms with Gasteiger partial charge in [-0.05, 0) is 60.8 Å². The van der Waals surface area contributed by atoms with Crippen LogP contribution in [0.3, 0.4) is 0 Å². The molecule has 0 aromatic carbocycles. The van der Waals surface area contributed by atoms with E-state index in [9.17, 15) is 0 Å². The molecule has 4 rings (SSSR count). The Labute approximate surface area is 134 Å². The molecule has 4 heterocycles. The van der Waals surface area contributed by atoms with Crippen LogP contribution in [-0.2, 0) is 0 Å². The predicted molar refractivity (Wildman–Crippen MR) is 92.4 cm³/mol. The van der Waals surface area contributed by atoms with Gasteiger partial charge >= 0.3 is 0 Å². The zero-order valence-electron chi connectivity index (χ0n) is 12.2. The smallest absolute Gasteiger partial charge is 0.160 e. The fourth-order valence-corrected chi connectivity index (χ4v) is 5.68. The first kappa shape index (κ1) is 13.9. The molecule has 0 N–H and O–H groups in total. The molecule has 2 aromatic rings. The summed E-state index contributed by atoms with van der Waals surface area (Å²) in [6.07, 6.45) is 6.99. The van der Waals surface area contributed by atoms with Crippen molar-refractivity contribution >= 4 is 34.7 Å². The van der Waals surface area contributed by atoms with Crippen LogP contribution in [0.5, 0.6) is 0 Å². The maximum absolute atomic E-state index is 5.00. The van der Waals surface area contributed by atoms with Gasteiger partial charge in [0.05, 0.1) is 0 Å². The first-order valence-electron chi connectivity index (χ1n) is 7.92. The fourth-order valence-electron chi connectivity index (χ4n) is 3.49. The first-order chi connectivity index (χ1) is 10.4. The highest BCUT2D eigenvalue weighted by atomic mass is 32.2. The average Bonchev–Trinajstić information content (AvgIpc) is 2.96. The van der Waals surface area contributed by atoms with E-state index in [1.807, 2.05) is 12.3 Å². The zero-order valence-corrected chi connectivity index (χ0v) is 13.8. The highest BCUT2D eigenvalue weighted by Crippen LogP contribution is 2.37. The third-order valence-corrected chi connectivity index (χ3v) is 6.72. The summed E-state index contributed by atoms with van der Waals surface area (Å²) in [6, 6.07) is 4.74. The fraction of sp³-hybridized carbons (Fsp3) is 0.625. The topological polar surface area (TPSA) is 30.7 Å². The number of pyridine rings is 1. The largest absolute Gasteiger partial charge is 0.309 e. The molecule has 0 aliphatic carbocycles. The Balaban J connectivity index is 1.79. The number of rotatable bonds is 2. The third-order valence-electron chi connectivity index (χ3n) is 4.62. The SMILES string of the molecule is c1cnc2c(c1)nc(C1CCSCC1)n2C1CCSCC1. The summed E-state index contributed by atoms with van der Waals surface area (Å²) >= 11 is 4.17. The lowest BCUT2D eigenvalue weighted by molar-refractivity contribution is 0.438. The third kappa shape index (κ3) is 2.70. The standard InChI is InChI=1S/C16H21N3S2/c1-2-14-16(17-7-1)19(13-5-10-21-11-6-13)15(18-14)12-3-8-20-9-4-12/h1-2,7,12-13H,3-6,8-11H2. The minimum atomic E-state index is 0.607. The number of nitrogens with zero attached hydrogens (tertiary/aromatic N) is 3. The van der Waals surface area contributed by atoms with Crippen molar-refractivity contribution in [3.63, 3.8) is 0 Å². The van der Waals surface area contributed by atoms with Crippen molar-refractivity contribution in [1.82, 2.24) is 14.5 Å². The highest BCUT2D eigenvalue weighted by Gasteiger charge is 2.27. The Kier molecular flexibility index (Phi) is 4.12. The van der Waals surface area contributed by atoms with E-state index in [2.05, 4.69) is 39.1 Å². The summed E-state index contributed by atoms with van der Waals surface area (Å²) in [7, 11) is 0. The minimum absolute atomic E-state index is 0.607. The van der Waals surface area contributed by atoms with Crippen LogP contribution in [0.1, 0.15) is 43.5 Å². The summed E-state index contributed by atoms with van der Waals surface area (Å²) in [5.41, 5.74) is 2.20. The van der Waals surface area contributed by atoms with Crippen molar-refractivity contribution in [2.45, 2.75) is 37.6 Å². The molecule has 0 spiro atoms. The van der Waals surface area contributed by atoms with Crippen LogP contribution in [0.4, 0.5) is 0 Å². The zero-order chi connectivity index (χ0) is 14.1. The van der Waals surface area contributed by atoms with Crippen LogP contribution in [0, 0.1) is 0 Å². The van der Waals surface area contributed by atoms with Gasteiger partial charge in [0.1, 0.15) is 11.3 Å². The maximum Gasteiger partial charge on any atom is 0.160 e. The van der Waals surface area contributed by atoms with Crippen LogP contribution in [0.2, 0.25) is 0 Å². The lowest BCUT2D eigenvalue weighted by Gasteiger charge is -2.28. The van der Waals surface area contributed by atoms with Crippen molar-refractivity contribution in [2.75, 3.05) is 23.0 Å². The second-order valence-corrected chi connectivity index (χ2v) is 8.37. The summed E-state index contributed by atoms with van der Waals surface area (Å²) in [4.78, 5) is 9.66. The molecular weight excluding hydrogens is 298 g/mol. The van der Waals surface area contributed by atoms with Gasteiger partial charge in [0.15, 0.2) is 5.65 Å². The number of imidazole rings is 1. The average molecular weight is 319 g/mol. The second-order valence-electron chi connectivity index (χ2n) is 5.92. The Morgan fingerprint density at radius 1 is 1.00 bits per heavy atom. The van der Waals surface area contributed by atoms with E-state index < -0.39 is 0 Å². The molecule has 2 aliphatic rings. The van der Waals surface area contributed by atoms with Gasteiger partial charge in [-0.25, -0.2) is 9.97 Å². The molecule has 2 aromatic heterocycles. The van der Waals surface area contributed by atoms with Gasteiger partial charge < -0.3 is 4.57 Å². The monoisotopic (exact) mass is 319 g/mol. The molecule has 0 radical (unpaired) electrons. The molecule has 2 saturated heterocycles. The van der Waals surface area contributed by atoms with Gasteiger partial charge in [0, 0.05) is 18.2 Å². The molecule has 0 atom stereocenters. The van der Waals surface area contributed by atoms with Crippen LogP contribution >= 0.6 is 23.5 Å². The number of hydrogen-bond donors (Lipinski definition) is 0. The van der Waals surface area contributed by atoms with E-state index in [0.717, 1.165) is 11.2 Å². The Morgan fingerprint density at radius 3 is 2.48 bits per heavy atom. The van der Waals surface area contributed by atoms with Gasteiger partial charge in [-0.1, -0.05) is 0 Å². The summed E-state index contributed by atoms with van der Waals surface area (Å²) in [5, 5.41) is 0. The lowest BCUT2D eigenvalue weighted by Crippen LogP contribution is -2.21. The van der Waals surface area contributed by atoms with Crippen molar-refractivity contribution in [2.24, 2.45) is 0 Å². The van der Waals surface area contributed by atoms with Gasteiger partial charge in [0.2, 0.25) is 0 Å². The molecule has 2 aliphatic heterocycles. The van der Waals surface area contributed by atoms with Crippen molar-refractivity contribution < 1.29 is 0 Å². The molecule has 0 saturated carbocycles. The van der Waals surface area contributed by atoms with Crippen LogP contribution in [0.25, 0.3) is 11.2 Å². The lowest BCUT2D eigenvalue weighted by atomic mass is 10.0. The van der Waals surface area contributed by atoms with E-state index in [0.29, 0.717) is 12.0 Å². The Bertz CT molecular complexity index is 613. The van der Waals surface area contributed by atoms with Crippen molar-refractivity contribution in [3.8, 4) is 0 Å². The number of fused-ring (bicyclic) bond motifs is 1. The molecule has 0 bridgehead atoms. The Hall–Kier alpha value is -0.680. The predicted octanol–water partition coefficient (Wildman–Crippen LogP) is 4.11. The minimum Gasteiger partial charge on any atom is -0.309 e. The van der Waals surface area contributed by atoms with E-state index in [-0.39, 0.29) is 0 Å². The number of thioether (sulfide) groups is 2. The molecular formula is C16H21N3S2. The van der Waals surface area contributed by atoms with E-state index in [4.69, 9.17) is 4.98 Å². The normalized spacial score (nSPS) is 21.9. The summed E-state index contributed by atoms with van der Waals surface area (Å²) < 4.78 is 2.51. The van der Waals surface area contributed by atoms with E-state index >= 15 is 0 Å². The number of hydrogen-bond acceptors (Lipinski definition) is 4. The summed E-state index contributed by atoms with van der Waals surface area (Å²) in [5.74, 6) is 7.06. The molecule has 0 amide bonds. The van der Waals surface area contributed by atoms with Gasteiger partial charge in [0.25, 0.3) is 0 Å². The van der Waals surface area contributed by atoms with Gasteiger partial charge in [-0.15, -0.1) is 0 Å². The maximum atomic E-state index is 5.00. The molecule has 3 nitrogen and oxygen atoms in total. The number of aromatic nitrogens is 3. The highest BCUT2D eigenvalue weighted by molar-refractivity contribution is 7.99. The summed E-state index contributed by atoms with van der Waals surface area (Å²) in [6.45, 7) is 0. The quantitative estimate of drug-likeness (QED) is 0.833. The van der Waals surface area contributed by atoms with E-state index in [1.165, 1.54) is 54.5 Å². The van der Waals surface area contributed by atoms with Crippen LogP contribution in [0.15, 0.2) is 18.3 Å². The first-order valence-corrected chi connectivity index (χ1v) is 10.2. The molecule has 0 unspecified atom stereocenters. The molecule has 2 fully saturated rings. The van der Waals surface area contributed by atoms with Crippen LogP contribution in [-0.4, -0.2) is 37.5 Å². The molecule has 112 valence electrons. The second kappa shape index (κ2) is 6.21. The van der Waals surface area contributed by atoms with Crippen LogP contribution < -0.4 is 0 Å². The Morgan fingerprint density at radius 2 is 1.71 bits per heavy atom. The van der Waals surface area contributed by atoms with Crippen molar-refractivity contribution in [1.29, 1.82) is 0 Å². The van der Waals surface area contributed by atoms with Gasteiger partial charge in [-0.2, -0.15) is 23.5 Å². The molecule has 21 heavy (non-hydrogen) atoms. The van der Waals surface area contributed by atoms with E-state index in [1.54, 1.807) is 0 Å². The van der Waals surface area contributed by atoms with Gasteiger partial charge in [-0.3, -0.25) is 0 Å². The van der Waals surface area contributed by atoms with Crippen molar-refractivity contribution in [3.05, 3.63) is 24.2 Å².